The van der Waals surface area contributed by atoms with Crippen LogP contribution in [0, 0.1) is 12.7 Å². The van der Waals surface area contributed by atoms with E-state index in [9.17, 15) is 9.18 Å². The Morgan fingerprint density at radius 2 is 1.79 bits per heavy atom. The molecule has 1 aliphatic heterocycles. The average Bonchev–Trinajstić information content (AvgIpc) is 2.86. The number of aryl methyl sites for hydroxylation is 1. The van der Waals surface area contributed by atoms with Gasteiger partial charge in [-0.2, -0.15) is 0 Å². The standard InChI is InChI=1S/C27H24FNO5/c1-17-26(34-24-6-4-3-5-23(24)31-2)25(30)20-11-12-22-21(27(20)33-17)15-29(16-32-22)14-13-18-7-9-19(28)10-8-18/h3-12H,13-16H2,1-2H3. The number of hydrogen-bond donors (Lipinski definition) is 0. The minimum atomic E-state index is -0.254. The van der Waals surface area contributed by atoms with Crippen molar-refractivity contribution in [3.63, 3.8) is 0 Å². The molecular weight excluding hydrogens is 437 g/mol. The Balaban J connectivity index is 1.44. The monoisotopic (exact) mass is 461 g/mol. The van der Waals surface area contributed by atoms with Crippen molar-refractivity contribution in [2.24, 2.45) is 0 Å². The van der Waals surface area contributed by atoms with Crippen molar-refractivity contribution >= 4 is 11.0 Å². The third-order valence-corrected chi connectivity index (χ3v) is 5.94. The second-order valence-corrected chi connectivity index (χ2v) is 8.19. The average molecular weight is 461 g/mol. The maximum atomic E-state index is 13.3. The van der Waals surface area contributed by atoms with E-state index in [0.29, 0.717) is 47.3 Å². The molecule has 0 N–H and O–H groups in total. The van der Waals surface area contributed by atoms with Crippen molar-refractivity contribution in [3.05, 3.63) is 93.6 Å². The molecule has 3 aromatic carbocycles. The van der Waals surface area contributed by atoms with Gasteiger partial charge < -0.3 is 18.6 Å². The molecule has 2 heterocycles. The van der Waals surface area contributed by atoms with Crippen molar-refractivity contribution in [3.8, 4) is 23.0 Å². The number of hydrogen-bond acceptors (Lipinski definition) is 6. The third-order valence-electron chi connectivity index (χ3n) is 5.94. The molecule has 0 spiro atoms. The molecule has 7 heteroatoms. The van der Waals surface area contributed by atoms with Crippen LogP contribution in [-0.2, 0) is 13.0 Å². The third kappa shape index (κ3) is 4.22. The molecule has 4 aromatic rings. The molecule has 0 amide bonds. The van der Waals surface area contributed by atoms with Gasteiger partial charge in [-0.1, -0.05) is 24.3 Å². The molecular formula is C27H24FNO5. The first kappa shape index (κ1) is 22.0. The Labute approximate surface area is 196 Å². The highest BCUT2D eigenvalue weighted by Gasteiger charge is 2.24. The smallest absolute Gasteiger partial charge is 0.235 e. The van der Waals surface area contributed by atoms with Crippen LogP contribution in [0.25, 0.3) is 11.0 Å². The van der Waals surface area contributed by atoms with Gasteiger partial charge in [0.2, 0.25) is 11.2 Å². The van der Waals surface area contributed by atoms with Gasteiger partial charge in [-0.05, 0) is 55.3 Å². The number of nitrogens with zero attached hydrogens (tertiary/aromatic N) is 1. The zero-order valence-corrected chi connectivity index (χ0v) is 19.0. The van der Waals surface area contributed by atoms with Gasteiger partial charge >= 0.3 is 0 Å². The van der Waals surface area contributed by atoms with E-state index in [0.717, 1.165) is 24.1 Å². The van der Waals surface area contributed by atoms with Crippen LogP contribution in [0.2, 0.25) is 0 Å². The van der Waals surface area contributed by atoms with E-state index in [4.69, 9.17) is 18.6 Å². The second-order valence-electron chi connectivity index (χ2n) is 8.19. The normalized spacial score (nSPS) is 13.4. The lowest BCUT2D eigenvalue weighted by Crippen LogP contribution is -2.33. The molecule has 6 nitrogen and oxygen atoms in total. The molecule has 174 valence electrons. The first-order valence-electron chi connectivity index (χ1n) is 11.0. The zero-order chi connectivity index (χ0) is 23.7. The largest absolute Gasteiger partial charge is 0.493 e. The number of ether oxygens (including phenoxy) is 3. The molecule has 0 bridgehead atoms. The first-order valence-corrected chi connectivity index (χ1v) is 11.0. The minimum Gasteiger partial charge on any atom is -0.493 e. The fourth-order valence-electron chi connectivity index (χ4n) is 4.11. The van der Waals surface area contributed by atoms with E-state index in [-0.39, 0.29) is 17.0 Å². The van der Waals surface area contributed by atoms with Gasteiger partial charge in [0.1, 0.15) is 29.6 Å². The Hall–Kier alpha value is -3.84. The number of halogens is 1. The molecule has 0 atom stereocenters. The molecule has 5 rings (SSSR count). The van der Waals surface area contributed by atoms with E-state index in [2.05, 4.69) is 4.90 Å². The van der Waals surface area contributed by atoms with Gasteiger partial charge in [0.15, 0.2) is 11.5 Å². The van der Waals surface area contributed by atoms with Crippen molar-refractivity contribution in [2.45, 2.75) is 19.9 Å². The molecule has 0 saturated carbocycles. The molecule has 0 unspecified atom stereocenters. The van der Waals surface area contributed by atoms with Crippen LogP contribution in [-0.4, -0.2) is 25.3 Å². The predicted molar refractivity (Wildman–Crippen MR) is 126 cm³/mol. The Bertz CT molecular complexity index is 1400. The number of methoxy groups -OCH3 is 1. The summed E-state index contributed by atoms with van der Waals surface area (Å²) in [5.41, 5.74) is 2.12. The summed E-state index contributed by atoms with van der Waals surface area (Å²) in [6.45, 7) is 3.43. The summed E-state index contributed by atoms with van der Waals surface area (Å²) in [6, 6.07) is 17.2. The highest BCUT2D eigenvalue weighted by atomic mass is 19.1. The predicted octanol–water partition coefficient (Wildman–Crippen LogP) is 5.44. The molecule has 0 radical (unpaired) electrons. The van der Waals surface area contributed by atoms with Crippen LogP contribution in [0.1, 0.15) is 16.9 Å². The van der Waals surface area contributed by atoms with Crippen LogP contribution in [0.3, 0.4) is 0 Å². The van der Waals surface area contributed by atoms with Gasteiger partial charge in [-0.25, -0.2) is 4.39 Å². The molecule has 1 aromatic heterocycles. The highest BCUT2D eigenvalue weighted by Crippen LogP contribution is 2.36. The second kappa shape index (κ2) is 9.19. The maximum absolute atomic E-state index is 13.3. The van der Waals surface area contributed by atoms with Gasteiger partial charge in [-0.3, -0.25) is 9.69 Å². The maximum Gasteiger partial charge on any atom is 0.235 e. The Morgan fingerprint density at radius 1 is 1.03 bits per heavy atom. The van der Waals surface area contributed by atoms with Crippen molar-refractivity contribution in [1.82, 2.24) is 4.90 Å². The zero-order valence-electron chi connectivity index (χ0n) is 19.0. The fraction of sp³-hybridized carbons (Fsp3) is 0.222. The molecule has 0 saturated heterocycles. The number of benzene rings is 3. The van der Waals surface area contributed by atoms with Gasteiger partial charge in [-0.15, -0.1) is 0 Å². The van der Waals surface area contributed by atoms with E-state index in [1.54, 1.807) is 50.4 Å². The summed E-state index contributed by atoms with van der Waals surface area (Å²) < 4.78 is 36.5. The Morgan fingerprint density at radius 3 is 2.56 bits per heavy atom. The summed E-state index contributed by atoms with van der Waals surface area (Å²) in [7, 11) is 1.55. The topological polar surface area (TPSA) is 61.1 Å². The molecule has 34 heavy (non-hydrogen) atoms. The van der Waals surface area contributed by atoms with E-state index in [1.165, 1.54) is 12.1 Å². The van der Waals surface area contributed by atoms with Crippen LogP contribution in [0.4, 0.5) is 4.39 Å². The quantitative estimate of drug-likeness (QED) is 0.381. The summed E-state index contributed by atoms with van der Waals surface area (Å²) in [5.74, 6) is 1.92. The minimum absolute atomic E-state index is 0.127. The summed E-state index contributed by atoms with van der Waals surface area (Å²) >= 11 is 0. The highest BCUT2D eigenvalue weighted by molar-refractivity contribution is 5.83. The van der Waals surface area contributed by atoms with E-state index < -0.39 is 0 Å². The SMILES string of the molecule is COc1ccccc1Oc1c(C)oc2c3c(ccc2c1=O)OCN(CCc1ccc(F)cc1)C3. The summed E-state index contributed by atoms with van der Waals surface area (Å²) in [5, 5.41) is 0.429. The summed E-state index contributed by atoms with van der Waals surface area (Å²) in [4.78, 5) is 15.5. The molecule has 0 fully saturated rings. The van der Waals surface area contributed by atoms with Crippen LogP contribution in [0.15, 0.2) is 69.9 Å². The van der Waals surface area contributed by atoms with Crippen LogP contribution >= 0.6 is 0 Å². The number of fused-ring (bicyclic) bond motifs is 3. The fourth-order valence-corrected chi connectivity index (χ4v) is 4.11. The van der Waals surface area contributed by atoms with Gasteiger partial charge in [0.25, 0.3) is 0 Å². The summed E-state index contributed by atoms with van der Waals surface area (Å²) in [6.07, 6.45) is 0.754. The van der Waals surface area contributed by atoms with Crippen LogP contribution < -0.4 is 19.6 Å². The lowest BCUT2D eigenvalue weighted by atomic mass is 10.1. The van der Waals surface area contributed by atoms with E-state index >= 15 is 0 Å². The Kier molecular flexibility index (Phi) is 5.94. The lowest BCUT2D eigenvalue weighted by Gasteiger charge is -2.29. The van der Waals surface area contributed by atoms with Crippen molar-refractivity contribution in [1.29, 1.82) is 0 Å². The number of rotatable bonds is 6. The molecule has 0 aliphatic carbocycles. The molecule has 1 aliphatic rings. The lowest BCUT2D eigenvalue weighted by molar-refractivity contribution is 0.0967. The van der Waals surface area contributed by atoms with Crippen molar-refractivity contribution in [2.75, 3.05) is 20.4 Å². The first-order chi connectivity index (χ1) is 16.5. The van der Waals surface area contributed by atoms with Crippen molar-refractivity contribution < 1.29 is 23.0 Å². The van der Waals surface area contributed by atoms with E-state index in [1.807, 2.05) is 12.1 Å². The van der Waals surface area contributed by atoms with Crippen LogP contribution in [0.5, 0.6) is 23.0 Å². The van der Waals surface area contributed by atoms with Gasteiger partial charge in [0, 0.05) is 13.1 Å². The van der Waals surface area contributed by atoms with Gasteiger partial charge in [0.05, 0.1) is 18.1 Å². The number of para-hydroxylation sites is 2.